The van der Waals surface area contributed by atoms with Crippen molar-refractivity contribution in [3.05, 3.63) is 30.6 Å². The molecule has 0 atom stereocenters. The predicted molar refractivity (Wildman–Crippen MR) is 79.0 cm³/mol. The van der Waals surface area contributed by atoms with Crippen LogP contribution < -0.4 is 14.2 Å². The van der Waals surface area contributed by atoms with Crippen LogP contribution >= 0.6 is 0 Å². The van der Waals surface area contributed by atoms with Gasteiger partial charge in [-0.2, -0.15) is 0 Å². The van der Waals surface area contributed by atoms with Gasteiger partial charge in [0.15, 0.2) is 11.5 Å². The van der Waals surface area contributed by atoms with Gasteiger partial charge in [-0.05, 0) is 18.2 Å². The molecule has 2 heterocycles. The number of benzene rings is 1. The van der Waals surface area contributed by atoms with Crippen molar-refractivity contribution in [2.75, 3.05) is 21.3 Å². The van der Waals surface area contributed by atoms with Gasteiger partial charge in [-0.1, -0.05) is 0 Å². The molecule has 1 aromatic carbocycles. The molecule has 6 heteroatoms. The first-order valence-electron chi connectivity index (χ1n) is 6.37. The molecule has 108 valence electrons. The molecule has 0 aliphatic carbocycles. The largest absolute Gasteiger partial charge is 0.493 e. The second kappa shape index (κ2) is 5.32. The van der Waals surface area contributed by atoms with Crippen molar-refractivity contribution in [2.45, 2.75) is 0 Å². The van der Waals surface area contributed by atoms with Crippen LogP contribution in [0.4, 0.5) is 0 Å². The number of fused-ring (bicyclic) bond motifs is 1. The van der Waals surface area contributed by atoms with Crippen LogP contribution in [0.15, 0.2) is 30.6 Å². The Morgan fingerprint density at radius 1 is 1.00 bits per heavy atom. The van der Waals surface area contributed by atoms with Gasteiger partial charge in [0.25, 0.3) is 0 Å². The van der Waals surface area contributed by atoms with Crippen LogP contribution in [-0.2, 0) is 0 Å². The van der Waals surface area contributed by atoms with Crippen LogP contribution in [0.2, 0.25) is 0 Å². The molecule has 0 radical (unpaired) electrons. The maximum absolute atomic E-state index is 5.36. The zero-order valence-corrected chi connectivity index (χ0v) is 12.0. The van der Waals surface area contributed by atoms with Gasteiger partial charge in [0.2, 0.25) is 5.75 Å². The maximum Gasteiger partial charge on any atom is 0.203 e. The third kappa shape index (κ3) is 2.24. The minimum Gasteiger partial charge on any atom is -0.493 e. The average Bonchev–Trinajstić information content (AvgIpc) is 2.97. The highest BCUT2D eigenvalue weighted by Crippen LogP contribution is 2.40. The van der Waals surface area contributed by atoms with E-state index in [4.69, 9.17) is 14.2 Å². The number of pyridine rings is 1. The van der Waals surface area contributed by atoms with E-state index < -0.39 is 0 Å². The fourth-order valence-corrected chi connectivity index (χ4v) is 2.21. The normalized spacial score (nSPS) is 10.6. The van der Waals surface area contributed by atoms with E-state index in [-0.39, 0.29) is 0 Å². The highest BCUT2D eigenvalue weighted by molar-refractivity contribution is 5.79. The van der Waals surface area contributed by atoms with Crippen LogP contribution in [0, 0.1) is 0 Å². The maximum atomic E-state index is 5.36. The summed E-state index contributed by atoms with van der Waals surface area (Å²) in [6.45, 7) is 0. The van der Waals surface area contributed by atoms with Crippen molar-refractivity contribution in [3.8, 4) is 28.6 Å². The molecule has 0 saturated carbocycles. The summed E-state index contributed by atoms with van der Waals surface area (Å²) in [4.78, 5) is 11.8. The zero-order chi connectivity index (χ0) is 14.8. The van der Waals surface area contributed by atoms with Crippen LogP contribution in [0.3, 0.4) is 0 Å². The Kier molecular flexibility index (Phi) is 3.35. The number of aromatic nitrogens is 3. The molecule has 3 rings (SSSR count). The Labute approximate surface area is 121 Å². The summed E-state index contributed by atoms with van der Waals surface area (Å²) in [5, 5.41) is 0. The topological polar surface area (TPSA) is 69.3 Å². The smallest absolute Gasteiger partial charge is 0.203 e. The Bertz CT molecular complexity index is 725. The number of nitrogens with one attached hydrogen (secondary N) is 1. The highest BCUT2D eigenvalue weighted by Gasteiger charge is 2.15. The Morgan fingerprint density at radius 3 is 2.29 bits per heavy atom. The molecule has 2 aromatic heterocycles. The lowest BCUT2D eigenvalue weighted by atomic mass is 10.1. The fraction of sp³-hybridized carbons (Fsp3) is 0.200. The van der Waals surface area contributed by atoms with Gasteiger partial charge < -0.3 is 19.2 Å². The summed E-state index contributed by atoms with van der Waals surface area (Å²) in [7, 11) is 4.75. The van der Waals surface area contributed by atoms with Gasteiger partial charge in [0, 0.05) is 11.8 Å². The SMILES string of the molecule is COc1cc(-c2nc3cnccc3[nH]2)cc(OC)c1OC. The van der Waals surface area contributed by atoms with Crippen LogP contribution in [0.5, 0.6) is 17.2 Å². The van der Waals surface area contributed by atoms with Gasteiger partial charge in [0.1, 0.15) is 11.3 Å². The molecular weight excluding hydrogens is 270 g/mol. The Balaban J connectivity index is 2.17. The summed E-state index contributed by atoms with van der Waals surface area (Å²) in [6.07, 6.45) is 3.44. The molecule has 0 amide bonds. The molecule has 21 heavy (non-hydrogen) atoms. The number of aromatic amines is 1. The number of H-pyrrole nitrogens is 1. The monoisotopic (exact) mass is 285 g/mol. The molecule has 0 spiro atoms. The predicted octanol–water partition coefficient (Wildman–Crippen LogP) is 2.65. The zero-order valence-electron chi connectivity index (χ0n) is 12.0. The molecule has 0 aliphatic heterocycles. The number of rotatable bonds is 4. The Morgan fingerprint density at radius 2 is 1.71 bits per heavy atom. The lowest BCUT2D eigenvalue weighted by Crippen LogP contribution is -1.96. The summed E-state index contributed by atoms with van der Waals surface area (Å²) < 4.78 is 16.0. The quantitative estimate of drug-likeness (QED) is 0.798. The lowest BCUT2D eigenvalue weighted by molar-refractivity contribution is 0.324. The molecule has 0 aliphatic rings. The van der Waals surface area contributed by atoms with Crippen molar-refractivity contribution >= 4 is 11.0 Å². The molecule has 1 N–H and O–H groups in total. The highest BCUT2D eigenvalue weighted by atomic mass is 16.5. The lowest BCUT2D eigenvalue weighted by Gasteiger charge is -2.13. The van der Waals surface area contributed by atoms with E-state index in [1.807, 2.05) is 18.2 Å². The van der Waals surface area contributed by atoms with Crippen molar-refractivity contribution in [2.24, 2.45) is 0 Å². The summed E-state index contributed by atoms with van der Waals surface area (Å²) in [5.41, 5.74) is 2.58. The van der Waals surface area contributed by atoms with Crippen LogP contribution in [0.25, 0.3) is 22.4 Å². The number of nitrogens with zero attached hydrogens (tertiary/aromatic N) is 2. The minimum atomic E-state index is 0.557. The van der Waals surface area contributed by atoms with E-state index in [1.165, 1.54) is 0 Å². The van der Waals surface area contributed by atoms with Crippen molar-refractivity contribution in [1.29, 1.82) is 0 Å². The van der Waals surface area contributed by atoms with E-state index >= 15 is 0 Å². The summed E-state index contributed by atoms with van der Waals surface area (Å²) in [6, 6.07) is 5.59. The van der Waals surface area contributed by atoms with Crippen molar-refractivity contribution in [1.82, 2.24) is 15.0 Å². The standard InChI is InChI=1S/C15H15N3O3/c1-19-12-6-9(7-13(20-2)14(12)21-3)15-17-10-4-5-16-8-11(10)18-15/h4-8H,1-3H3,(H,17,18). The van der Waals surface area contributed by atoms with Gasteiger partial charge >= 0.3 is 0 Å². The van der Waals surface area contributed by atoms with E-state index in [0.717, 1.165) is 22.4 Å². The van der Waals surface area contributed by atoms with Crippen LogP contribution in [0.1, 0.15) is 0 Å². The molecule has 0 fully saturated rings. The molecular formula is C15H15N3O3. The van der Waals surface area contributed by atoms with E-state index in [0.29, 0.717) is 17.2 Å². The second-order valence-corrected chi connectivity index (χ2v) is 4.39. The second-order valence-electron chi connectivity index (χ2n) is 4.39. The van der Waals surface area contributed by atoms with Gasteiger partial charge in [-0.3, -0.25) is 4.98 Å². The molecule has 0 unspecified atom stereocenters. The van der Waals surface area contributed by atoms with Gasteiger partial charge in [0.05, 0.1) is 33.0 Å². The number of imidazole rings is 1. The Hall–Kier alpha value is -2.76. The first kappa shape index (κ1) is 13.2. The van der Waals surface area contributed by atoms with E-state index in [1.54, 1.807) is 33.7 Å². The molecule has 6 nitrogen and oxygen atoms in total. The number of methoxy groups -OCH3 is 3. The number of ether oxygens (including phenoxy) is 3. The van der Waals surface area contributed by atoms with E-state index in [2.05, 4.69) is 15.0 Å². The van der Waals surface area contributed by atoms with Gasteiger partial charge in [-0.15, -0.1) is 0 Å². The molecule has 0 saturated heterocycles. The van der Waals surface area contributed by atoms with Gasteiger partial charge in [-0.25, -0.2) is 4.98 Å². The first-order chi connectivity index (χ1) is 10.3. The summed E-state index contributed by atoms with van der Waals surface area (Å²) >= 11 is 0. The third-order valence-corrected chi connectivity index (χ3v) is 3.22. The summed E-state index contributed by atoms with van der Waals surface area (Å²) in [5.74, 6) is 2.45. The third-order valence-electron chi connectivity index (χ3n) is 3.22. The number of hydrogen-bond acceptors (Lipinski definition) is 5. The molecule has 0 bridgehead atoms. The van der Waals surface area contributed by atoms with Crippen molar-refractivity contribution in [3.63, 3.8) is 0 Å². The van der Waals surface area contributed by atoms with Crippen LogP contribution in [-0.4, -0.2) is 36.3 Å². The molecule has 3 aromatic rings. The van der Waals surface area contributed by atoms with Crippen molar-refractivity contribution < 1.29 is 14.2 Å². The minimum absolute atomic E-state index is 0.557. The fourth-order valence-electron chi connectivity index (χ4n) is 2.21. The van der Waals surface area contributed by atoms with E-state index in [9.17, 15) is 0 Å². The number of hydrogen-bond donors (Lipinski definition) is 1. The average molecular weight is 285 g/mol. The first-order valence-corrected chi connectivity index (χ1v) is 6.37.